The van der Waals surface area contributed by atoms with Gasteiger partial charge in [0.25, 0.3) is 0 Å². The fraction of sp³-hybridized carbons (Fsp3) is 0.905. The molecule has 3 atom stereocenters. The highest BCUT2D eigenvalue weighted by Gasteiger charge is 2.36. The zero-order valence-electron chi connectivity index (χ0n) is 16.3. The molecule has 25 heavy (non-hydrogen) atoms. The molecule has 1 aliphatic carbocycles. The number of unbranched alkanes of at least 4 members (excludes halogenated alkanes) is 4. The summed E-state index contributed by atoms with van der Waals surface area (Å²) in [7, 11) is 0. The summed E-state index contributed by atoms with van der Waals surface area (Å²) in [6.45, 7) is 4.98. The van der Waals surface area contributed by atoms with Crippen LogP contribution in [0.3, 0.4) is 0 Å². The average Bonchev–Trinajstić information content (AvgIpc) is 2.63. The lowest BCUT2D eigenvalue weighted by Gasteiger charge is -2.26. The molecule has 0 bridgehead atoms. The summed E-state index contributed by atoms with van der Waals surface area (Å²) >= 11 is 0. The van der Waals surface area contributed by atoms with Crippen molar-refractivity contribution >= 4 is 11.9 Å². The summed E-state index contributed by atoms with van der Waals surface area (Å²) in [6.07, 6.45) is 14.1. The van der Waals surface area contributed by atoms with Gasteiger partial charge in [0.2, 0.25) is 0 Å². The first-order chi connectivity index (χ1) is 12.1. The number of carbonyl (C=O) groups excluding carboxylic acids is 1. The van der Waals surface area contributed by atoms with Gasteiger partial charge in [0, 0.05) is 0 Å². The maximum Gasteiger partial charge on any atom is 0.309 e. The molecule has 0 aliphatic heterocycles. The Morgan fingerprint density at radius 2 is 1.60 bits per heavy atom. The minimum atomic E-state index is -0.852. The van der Waals surface area contributed by atoms with E-state index in [1.54, 1.807) is 0 Å². The van der Waals surface area contributed by atoms with Crippen LogP contribution in [0.2, 0.25) is 0 Å². The first kappa shape index (κ1) is 22.0. The van der Waals surface area contributed by atoms with Crippen molar-refractivity contribution in [2.45, 2.75) is 97.3 Å². The fourth-order valence-corrected chi connectivity index (χ4v) is 3.92. The van der Waals surface area contributed by atoms with Gasteiger partial charge in [0.1, 0.15) is 0 Å². The van der Waals surface area contributed by atoms with Gasteiger partial charge >= 0.3 is 11.9 Å². The summed E-state index contributed by atoms with van der Waals surface area (Å²) in [5.74, 6) is -1.25. The largest absolute Gasteiger partial charge is 0.481 e. The van der Waals surface area contributed by atoms with Crippen LogP contribution in [0.4, 0.5) is 0 Å². The number of carboxylic acids is 1. The van der Waals surface area contributed by atoms with Crippen molar-refractivity contribution < 1.29 is 19.4 Å². The summed E-state index contributed by atoms with van der Waals surface area (Å²) in [5, 5.41) is 9.24. The molecule has 0 aromatic rings. The third-order valence-corrected chi connectivity index (χ3v) is 5.68. The van der Waals surface area contributed by atoms with Crippen molar-refractivity contribution in [1.29, 1.82) is 0 Å². The van der Waals surface area contributed by atoms with Crippen LogP contribution in [0.1, 0.15) is 97.3 Å². The minimum Gasteiger partial charge on any atom is -0.481 e. The number of rotatable bonds is 13. The highest BCUT2D eigenvalue weighted by atomic mass is 16.5. The molecule has 0 aromatic carbocycles. The van der Waals surface area contributed by atoms with Crippen LogP contribution >= 0.6 is 0 Å². The van der Waals surface area contributed by atoms with Crippen molar-refractivity contribution in [3.8, 4) is 0 Å². The molecule has 0 spiro atoms. The molecule has 4 heteroatoms. The molecule has 0 amide bonds. The van der Waals surface area contributed by atoms with Crippen molar-refractivity contribution in [3.05, 3.63) is 0 Å². The third-order valence-electron chi connectivity index (χ3n) is 5.68. The van der Waals surface area contributed by atoms with Crippen LogP contribution in [0.15, 0.2) is 0 Å². The van der Waals surface area contributed by atoms with Crippen LogP contribution in [0, 0.1) is 17.8 Å². The molecular formula is C21H38O4. The number of hydrogen-bond donors (Lipinski definition) is 1. The molecule has 1 N–H and O–H groups in total. The summed E-state index contributed by atoms with van der Waals surface area (Å²) < 4.78 is 5.36. The van der Waals surface area contributed by atoms with Crippen molar-refractivity contribution in [2.24, 2.45) is 17.8 Å². The Balaban J connectivity index is 2.10. The molecule has 3 unspecified atom stereocenters. The second kappa shape index (κ2) is 13.2. The Labute approximate surface area is 153 Å². The van der Waals surface area contributed by atoms with Crippen LogP contribution in [-0.2, 0) is 14.3 Å². The van der Waals surface area contributed by atoms with Gasteiger partial charge in [-0.1, -0.05) is 78.1 Å². The van der Waals surface area contributed by atoms with E-state index in [0.717, 1.165) is 31.6 Å². The topological polar surface area (TPSA) is 63.6 Å². The zero-order valence-corrected chi connectivity index (χ0v) is 16.3. The number of aliphatic carboxylic acids is 1. The van der Waals surface area contributed by atoms with E-state index < -0.39 is 17.8 Å². The summed E-state index contributed by atoms with van der Waals surface area (Å²) in [6, 6.07) is 0. The first-order valence-electron chi connectivity index (χ1n) is 10.5. The van der Waals surface area contributed by atoms with Gasteiger partial charge < -0.3 is 9.84 Å². The van der Waals surface area contributed by atoms with Gasteiger partial charge in [-0.05, 0) is 25.2 Å². The maximum atomic E-state index is 12.1. The number of carbonyl (C=O) groups is 2. The van der Waals surface area contributed by atoms with Crippen molar-refractivity contribution in [3.63, 3.8) is 0 Å². The van der Waals surface area contributed by atoms with Gasteiger partial charge in [0.15, 0.2) is 0 Å². The summed E-state index contributed by atoms with van der Waals surface area (Å²) in [5.41, 5.74) is 0. The van der Waals surface area contributed by atoms with Gasteiger partial charge in [-0.25, -0.2) is 0 Å². The van der Waals surface area contributed by atoms with E-state index in [4.69, 9.17) is 4.74 Å². The number of esters is 1. The van der Waals surface area contributed by atoms with Crippen LogP contribution in [0.25, 0.3) is 0 Å². The Bertz CT molecular complexity index is 380. The van der Waals surface area contributed by atoms with Crippen LogP contribution < -0.4 is 0 Å². The molecule has 0 saturated heterocycles. The van der Waals surface area contributed by atoms with Crippen LogP contribution in [0.5, 0.6) is 0 Å². The van der Waals surface area contributed by atoms with Gasteiger partial charge in [-0.3, -0.25) is 9.59 Å². The second-order valence-electron chi connectivity index (χ2n) is 7.62. The molecule has 1 saturated carbocycles. The molecular weight excluding hydrogens is 316 g/mol. The zero-order chi connectivity index (χ0) is 18.5. The van der Waals surface area contributed by atoms with E-state index in [-0.39, 0.29) is 5.97 Å². The predicted octanol–water partition coefficient (Wildman–Crippen LogP) is 5.59. The molecule has 0 heterocycles. The number of carboxylic acid groups (broad SMARTS) is 1. The summed E-state index contributed by atoms with van der Waals surface area (Å²) in [4.78, 5) is 23.4. The van der Waals surface area contributed by atoms with Crippen LogP contribution in [-0.4, -0.2) is 23.7 Å². The van der Waals surface area contributed by atoms with E-state index in [0.29, 0.717) is 19.4 Å². The molecule has 1 fully saturated rings. The normalized spacial score (nSPS) is 21.7. The van der Waals surface area contributed by atoms with E-state index in [2.05, 4.69) is 13.8 Å². The molecule has 0 aromatic heterocycles. The third kappa shape index (κ3) is 8.73. The van der Waals surface area contributed by atoms with Crippen molar-refractivity contribution in [2.75, 3.05) is 6.61 Å². The fourth-order valence-electron chi connectivity index (χ4n) is 3.92. The highest BCUT2D eigenvalue weighted by molar-refractivity contribution is 5.81. The SMILES string of the molecule is CCCCC(CC)CCCCCCOC(=O)C1CCCCC1C(=O)O. The van der Waals surface area contributed by atoms with E-state index in [9.17, 15) is 14.7 Å². The van der Waals surface area contributed by atoms with Gasteiger partial charge in [0.05, 0.1) is 18.4 Å². The first-order valence-corrected chi connectivity index (χ1v) is 10.5. The Kier molecular flexibility index (Phi) is 11.6. The molecule has 0 radical (unpaired) electrons. The molecule has 146 valence electrons. The lowest BCUT2D eigenvalue weighted by atomic mass is 9.79. The molecule has 1 rings (SSSR count). The Morgan fingerprint density at radius 1 is 0.960 bits per heavy atom. The lowest BCUT2D eigenvalue weighted by Crippen LogP contribution is -2.33. The predicted molar refractivity (Wildman–Crippen MR) is 100 cm³/mol. The van der Waals surface area contributed by atoms with E-state index in [1.165, 1.54) is 44.9 Å². The Morgan fingerprint density at radius 3 is 2.24 bits per heavy atom. The quantitative estimate of drug-likeness (QED) is 0.346. The minimum absolute atomic E-state index is 0.294. The number of hydrogen-bond acceptors (Lipinski definition) is 3. The van der Waals surface area contributed by atoms with Gasteiger partial charge in [-0.15, -0.1) is 0 Å². The highest BCUT2D eigenvalue weighted by Crippen LogP contribution is 2.31. The monoisotopic (exact) mass is 354 g/mol. The standard InChI is InChI=1S/C21H38O4/c1-3-5-12-17(4-2)13-8-6-7-11-16-25-21(24)19-15-10-9-14-18(19)20(22)23/h17-19H,3-16H2,1-2H3,(H,22,23). The smallest absolute Gasteiger partial charge is 0.309 e. The number of ether oxygens (including phenoxy) is 1. The lowest BCUT2D eigenvalue weighted by molar-refractivity contribution is -0.159. The average molecular weight is 355 g/mol. The maximum absolute atomic E-state index is 12.1. The molecule has 4 nitrogen and oxygen atoms in total. The second-order valence-corrected chi connectivity index (χ2v) is 7.62. The van der Waals surface area contributed by atoms with Crippen molar-refractivity contribution in [1.82, 2.24) is 0 Å². The Hall–Kier alpha value is -1.06. The van der Waals surface area contributed by atoms with Gasteiger partial charge in [-0.2, -0.15) is 0 Å². The van der Waals surface area contributed by atoms with E-state index >= 15 is 0 Å². The van der Waals surface area contributed by atoms with E-state index in [1.807, 2.05) is 0 Å². The molecule has 1 aliphatic rings.